The van der Waals surface area contributed by atoms with Crippen molar-refractivity contribution in [1.82, 2.24) is 9.78 Å². The molecule has 1 aromatic carbocycles. The Morgan fingerprint density at radius 1 is 1.44 bits per heavy atom. The van der Waals surface area contributed by atoms with Gasteiger partial charge in [0, 0.05) is 12.0 Å². The van der Waals surface area contributed by atoms with Crippen LogP contribution in [0.2, 0.25) is 5.15 Å². The molecule has 0 fully saturated rings. The van der Waals surface area contributed by atoms with Crippen LogP contribution in [0.1, 0.15) is 17.5 Å². The molecule has 1 N–H and O–H groups in total. The lowest BCUT2D eigenvalue weighted by molar-refractivity contribution is -0.136. The number of para-hydroxylation sites is 1. The predicted molar refractivity (Wildman–Crippen MR) is 69.3 cm³/mol. The van der Waals surface area contributed by atoms with Gasteiger partial charge in [-0.3, -0.25) is 4.79 Å². The second kappa shape index (κ2) is 5.23. The second-order valence-corrected chi connectivity index (χ2v) is 4.41. The number of hydrogen-bond acceptors (Lipinski definition) is 2. The summed E-state index contributed by atoms with van der Waals surface area (Å²) in [6.45, 7) is 1.98. The van der Waals surface area contributed by atoms with Crippen LogP contribution in [0.5, 0.6) is 0 Å². The Kier molecular flexibility index (Phi) is 3.67. The van der Waals surface area contributed by atoms with Crippen molar-refractivity contribution in [2.75, 3.05) is 0 Å². The summed E-state index contributed by atoms with van der Waals surface area (Å²) >= 11 is 6.22. The first-order valence-electron chi connectivity index (χ1n) is 5.60. The molecule has 0 bridgehead atoms. The van der Waals surface area contributed by atoms with Crippen LogP contribution in [0.4, 0.5) is 0 Å². The highest BCUT2D eigenvalue weighted by atomic mass is 35.5. The topological polar surface area (TPSA) is 55.1 Å². The summed E-state index contributed by atoms with van der Waals surface area (Å²) in [5.74, 6) is -0.838. The molecule has 0 saturated carbocycles. The third-order valence-corrected chi connectivity index (χ3v) is 3.13. The maximum Gasteiger partial charge on any atom is 0.303 e. The average Bonchev–Trinajstić information content (AvgIpc) is 2.69. The van der Waals surface area contributed by atoms with E-state index in [9.17, 15) is 4.79 Å². The Morgan fingerprint density at radius 3 is 2.83 bits per heavy atom. The van der Waals surface area contributed by atoms with E-state index in [2.05, 4.69) is 5.10 Å². The molecule has 0 spiro atoms. The van der Waals surface area contributed by atoms with Crippen molar-refractivity contribution in [3.05, 3.63) is 46.7 Å². The van der Waals surface area contributed by atoms with Gasteiger partial charge in [0.15, 0.2) is 0 Å². The van der Waals surface area contributed by atoms with Gasteiger partial charge in [-0.1, -0.05) is 29.8 Å². The zero-order chi connectivity index (χ0) is 13.1. The molecule has 0 saturated heterocycles. The maximum atomic E-state index is 10.5. The number of nitrogens with zero attached hydrogens (tertiary/aromatic N) is 2. The van der Waals surface area contributed by atoms with Crippen molar-refractivity contribution in [2.45, 2.75) is 19.8 Å². The highest BCUT2D eigenvalue weighted by Crippen LogP contribution is 2.23. The molecule has 2 aromatic rings. The Labute approximate surface area is 110 Å². The van der Waals surface area contributed by atoms with Crippen LogP contribution < -0.4 is 0 Å². The number of halogens is 1. The predicted octanol–water partition coefficient (Wildman–Crippen LogP) is 2.85. The van der Waals surface area contributed by atoms with Crippen molar-refractivity contribution in [3.8, 4) is 5.69 Å². The molecule has 0 radical (unpaired) electrons. The Bertz CT molecular complexity index is 578. The number of benzene rings is 1. The number of carboxylic acids is 1. The third kappa shape index (κ3) is 2.54. The molecule has 1 aromatic heterocycles. The molecule has 0 aliphatic rings. The van der Waals surface area contributed by atoms with Gasteiger partial charge in [-0.05, 0) is 25.0 Å². The van der Waals surface area contributed by atoms with Gasteiger partial charge in [0.2, 0.25) is 0 Å². The summed E-state index contributed by atoms with van der Waals surface area (Å²) in [6.07, 6.45) is 2.07. The minimum atomic E-state index is -0.838. The first-order chi connectivity index (χ1) is 8.59. The Morgan fingerprint density at radius 2 is 2.17 bits per heavy atom. The Balaban J connectivity index is 2.31. The van der Waals surface area contributed by atoms with E-state index in [-0.39, 0.29) is 6.42 Å². The zero-order valence-electron chi connectivity index (χ0n) is 9.93. The van der Waals surface area contributed by atoms with E-state index in [4.69, 9.17) is 16.7 Å². The first kappa shape index (κ1) is 12.6. The number of aromatic nitrogens is 2. The van der Waals surface area contributed by atoms with Crippen molar-refractivity contribution >= 4 is 17.6 Å². The number of aliphatic carboxylic acids is 1. The molecule has 0 aliphatic carbocycles. The summed E-state index contributed by atoms with van der Waals surface area (Å²) in [5.41, 5.74) is 2.72. The van der Waals surface area contributed by atoms with Crippen molar-refractivity contribution in [1.29, 1.82) is 0 Å². The van der Waals surface area contributed by atoms with Crippen LogP contribution in [0.25, 0.3) is 5.69 Å². The van der Waals surface area contributed by atoms with Crippen LogP contribution >= 0.6 is 11.6 Å². The maximum absolute atomic E-state index is 10.5. The Hall–Kier alpha value is -1.81. The number of hydrogen-bond donors (Lipinski definition) is 1. The van der Waals surface area contributed by atoms with E-state index >= 15 is 0 Å². The lowest BCUT2D eigenvalue weighted by atomic mass is 10.2. The van der Waals surface area contributed by atoms with Gasteiger partial charge in [0.05, 0.1) is 11.9 Å². The number of carbonyl (C=O) groups is 1. The summed E-state index contributed by atoms with van der Waals surface area (Å²) in [4.78, 5) is 10.5. The van der Waals surface area contributed by atoms with Gasteiger partial charge in [-0.15, -0.1) is 0 Å². The van der Waals surface area contributed by atoms with Crippen LogP contribution in [0, 0.1) is 6.92 Å². The summed E-state index contributed by atoms with van der Waals surface area (Å²) in [6, 6.07) is 7.76. The molecule has 4 nitrogen and oxygen atoms in total. The molecule has 0 aliphatic heterocycles. The van der Waals surface area contributed by atoms with Gasteiger partial charge in [0.1, 0.15) is 5.15 Å². The monoisotopic (exact) mass is 264 g/mol. The van der Waals surface area contributed by atoms with Crippen molar-refractivity contribution < 1.29 is 9.90 Å². The minimum absolute atomic E-state index is 0.0547. The zero-order valence-corrected chi connectivity index (χ0v) is 10.7. The van der Waals surface area contributed by atoms with Gasteiger partial charge in [-0.2, -0.15) is 5.10 Å². The quantitative estimate of drug-likeness (QED) is 0.924. The SMILES string of the molecule is Cc1ccccc1-n1ncc(CCC(=O)O)c1Cl. The van der Waals surface area contributed by atoms with Gasteiger partial charge < -0.3 is 5.11 Å². The van der Waals surface area contributed by atoms with Gasteiger partial charge in [0.25, 0.3) is 0 Å². The molecule has 0 amide bonds. The molecule has 0 unspecified atom stereocenters. The fourth-order valence-electron chi connectivity index (χ4n) is 1.75. The molecule has 18 heavy (non-hydrogen) atoms. The molecule has 2 rings (SSSR count). The summed E-state index contributed by atoms with van der Waals surface area (Å²) < 4.78 is 1.63. The van der Waals surface area contributed by atoms with E-state index in [1.165, 1.54) is 0 Å². The highest BCUT2D eigenvalue weighted by Gasteiger charge is 2.12. The molecule has 5 heteroatoms. The minimum Gasteiger partial charge on any atom is -0.481 e. The van der Waals surface area contributed by atoms with E-state index in [0.29, 0.717) is 11.6 Å². The molecule has 1 heterocycles. The fraction of sp³-hybridized carbons (Fsp3) is 0.231. The lowest BCUT2D eigenvalue weighted by Crippen LogP contribution is -2.00. The van der Waals surface area contributed by atoms with Crippen molar-refractivity contribution in [3.63, 3.8) is 0 Å². The van der Waals surface area contributed by atoms with Crippen molar-refractivity contribution in [2.24, 2.45) is 0 Å². The van der Waals surface area contributed by atoms with Gasteiger partial charge >= 0.3 is 5.97 Å². The molecular weight excluding hydrogens is 252 g/mol. The van der Waals surface area contributed by atoms with Crippen LogP contribution in [0.15, 0.2) is 30.5 Å². The highest BCUT2D eigenvalue weighted by molar-refractivity contribution is 6.30. The second-order valence-electron chi connectivity index (χ2n) is 4.05. The largest absolute Gasteiger partial charge is 0.481 e. The van der Waals surface area contributed by atoms with Gasteiger partial charge in [-0.25, -0.2) is 4.68 Å². The molecular formula is C13H13ClN2O2. The van der Waals surface area contributed by atoms with E-state index in [1.54, 1.807) is 10.9 Å². The van der Waals surface area contributed by atoms with Crippen LogP contribution in [-0.4, -0.2) is 20.9 Å². The fourth-order valence-corrected chi connectivity index (χ4v) is 2.02. The number of aryl methyl sites for hydroxylation is 2. The summed E-state index contributed by atoms with van der Waals surface area (Å²) in [5, 5.41) is 13.4. The summed E-state index contributed by atoms with van der Waals surface area (Å²) in [7, 11) is 0. The average molecular weight is 265 g/mol. The smallest absolute Gasteiger partial charge is 0.303 e. The van der Waals surface area contributed by atoms with E-state index < -0.39 is 5.97 Å². The normalized spacial score (nSPS) is 10.6. The van der Waals surface area contributed by atoms with Crippen LogP contribution in [0.3, 0.4) is 0 Å². The standard InChI is InChI=1S/C13H13ClN2O2/c1-9-4-2-3-5-11(9)16-13(14)10(8-15-16)6-7-12(17)18/h2-5,8H,6-7H2,1H3,(H,17,18). The number of carboxylic acid groups (broad SMARTS) is 1. The molecule has 0 atom stereocenters. The molecule has 94 valence electrons. The number of rotatable bonds is 4. The van der Waals surface area contributed by atoms with Crippen LogP contribution in [-0.2, 0) is 11.2 Å². The van der Waals surface area contributed by atoms with E-state index in [1.807, 2.05) is 31.2 Å². The van der Waals surface area contributed by atoms with E-state index in [0.717, 1.165) is 16.8 Å². The third-order valence-electron chi connectivity index (χ3n) is 2.73. The lowest BCUT2D eigenvalue weighted by Gasteiger charge is -2.06. The first-order valence-corrected chi connectivity index (χ1v) is 5.97.